The molecule has 0 bridgehead atoms. The Morgan fingerprint density at radius 1 is 1.44 bits per heavy atom. The van der Waals surface area contributed by atoms with Gasteiger partial charge in [0, 0.05) is 25.2 Å². The molecule has 0 saturated carbocycles. The smallest absolute Gasteiger partial charge is 0.178 e. The molecule has 0 unspecified atom stereocenters. The number of aromatic amines is 1. The molecule has 6 heteroatoms. The highest BCUT2D eigenvalue weighted by Crippen LogP contribution is 2.24. The number of hydrogen-bond donors (Lipinski definition) is 1. The maximum absolute atomic E-state index is 13.6. The summed E-state index contributed by atoms with van der Waals surface area (Å²) in [5.74, 6) is -0.156. The molecular formula is C12H16FN3OS. The molecule has 0 atom stereocenters. The van der Waals surface area contributed by atoms with Gasteiger partial charge in [-0.2, -0.15) is 0 Å². The van der Waals surface area contributed by atoms with Crippen molar-refractivity contribution in [1.82, 2.24) is 14.5 Å². The van der Waals surface area contributed by atoms with E-state index in [1.807, 2.05) is 18.7 Å². The van der Waals surface area contributed by atoms with E-state index in [9.17, 15) is 4.39 Å². The molecule has 1 aromatic carbocycles. The first-order valence-corrected chi connectivity index (χ1v) is 6.04. The van der Waals surface area contributed by atoms with E-state index in [2.05, 4.69) is 9.88 Å². The zero-order valence-corrected chi connectivity index (χ0v) is 11.5. The molecule has 0 spiro atoms. The molecule has 2 rings (SSSR count). The number of methoxy groups -OCH3 is 1. The molecule has 0 aliphatic carbocycles. The topological polar surface area (TPSA) is 33.2 Å². The molecule has 0 aliphatic heterocycles. The summed E-state index contributed by atoms with van der Waals surface area (Å²) >= 11 is 5.25. The Morgan fingerprint density at radius 2 is 2.17 bits per heavy atom. The van der Waals surface area contributed by atoms with Crippen LogP contribution in [-0.2, 0) is 6.54 Å². The van der Waals surface area contributed by atoms with Gasteiger partial charge in [0.25, 0.3) is 0 Å². The molecule has 1 N–H and O–H groups in total. The number of likely N-dealkylation sites (N-methyl/N-ethyl adjacent to an activating group) is 1. The quantitative estimate of drug-likeness (QED) is 0.865. The zero-order chi connectivity index (χ0) is 13.3. The number of nitrogens with zero attached hydrogens (tertiary/aromatic N) is 2. The molecule has 0 amide bonds. The van der Waals surface area contributed by atoms with Crippen LogP contribution in [0.2, 0.25) is 0 Å². The molecular weight excluding hydrogens is 253 g/mol. The first kappa shape index (κ1) is 13.0. The largest absolute Gasteiger partial charge is 0.494 e. The van der Waals surface area contributed by atoms with Gasteiger partial charge in [-0.1, -0.05) is 0 Å². The number of aromatic nitrogens is 2. The van der Waals surface area contributed by atoms with Crippen molar-refractivity contribution in [3.8, 4) is 5.75 Å². The highest BCUT2D eigenvalue weighted by atomic mass is 32.1. The van der Waals surface area contributed by atoms with Crippen molar-refractivity contribution in [2.75, 3.05) is 27.7 Å². The molecule has 0 saturated heterocycles. The maximum atomic E-state index is 13.6. The highest BCUT2D eigenvalue weighted by molar-refractivity contribution is 7.71. The summed E-state index contributed by atoms with van der Waals surface area (Å²) in [5.41, 5.74) is 1.55. The number of H-pyrrole nitrogens is 1. The van der Waals surface area contributed by atoms with E-state index in [1.54, 1.807) is 6.07 Å². The lowest BCUT2D eigenvalue weighted by atomic mass is 10.3. The summed E-state index contributed by atoms with van der Waals surface area (Å²) in [6.45, 7) is 1.61. The minimum Gasteiger partial charge on any atom is -0.494 e. The Labute approximate surface area is 110 Å². The van der Waals surface area contributed by atoms with Gasteiger partial charge in [0.05, 0.1) is 18.1 Å². The molecule has 0 fully saturated rings. The van der Waals surface area contributed by atoms with E-state index in [-0.39, 0.29) is 11.6 Å². The molecule has 4 nitrogen and oxygen atoms in total. The third-order valence-electron chi connectivity index (χ3n) is 2.82. The van der Waals surface area contributed by atoms with Crippen molar-refractivity contribution >= 4 is 23.3 Å². The third-order valence-corrected chi connectivity index (χ3v) is 3.14. The summed E-state index contributed by atoms with van der Waals surface area (Å²) in [6, 6.07) is 3.09. The summed E-state index contributed by atoms with van der Waals surface area (Å²) in [7, 11) is 5.45. The lowest BCUT2D eigenvalue weighted by Crippen LogP contribution is -2.18. The van der Waals surface area contributed by atoms with Gasteiger partial charge < -0.3 is 19.2 Å². The van der Waals surface area contributed by atoms with Crippen molar-refractivity contribution < 1.29 is 9.13 Å². The molecule has 18 heavy (non-hydrogen) atoms. The number of fused-ring (bicyclic) bond motifs is 1. The van der Waals surface area contributed by atoms with Crippen LogP contribution in [0.4, 0.5) is 4.39 Å². The third kappa shape index (κ3) is 2.39. The van der Waals surface area contributed by atoms with E-state index >= 15 is 0 Å². The van der Waals surface area contributed by atoms with Crippen LogP contribution < -0.4 is 4.74 Å². The molecule has 1 aromatic heterocycles. The fraction of sp³-hybridized carbons (Fsp3) is 0.417. The summed E-state index contributed by atoms with van der Waals surface area (Å²) in [4.78, 5) is 5.08. The maximum Gasteiger partial charge on any atom is 0.178 e. The second-order valence-corrected chi connectivity index (χ2v) is 4.78. The predicted molar refractivity (Wildman–Crippen MR) is 72.2 cm³/mol. The van der Waals surface area contributed by atoms with E-state index in [1.165, 1.54) is 13.2 Å². The normalized spacial score (nSPS) is 11.4. The SMILES string of the molecule is COc1cc2c(cc1F)[nH]c(=S)n2CCN(C)C. The lowest BCUT2D eigenvalue weighted by molar-refractivity contribution is 0.382. The Hall–Kier alpha value is -1.40. The van der Waals surface area contributed by atoms with Gasteiger partial charge in [0.15, 0.2) is 16.3 Å². The van der Waals surface area contributed by atoms with Gasteiger partial charge >= 0.3 is 0 Å². The number of imidazole rings is 1. The lowest BCUT2D eigenvalue weighted by Gasteiger charge is -2.11. The first-order valence-electron chi connectivity index (χ1n) is 5.63. The van der Waals surface area contributed by atoms with Crippen LogP contribution in [0.15, 0.2) is 12.1 Å². The van der Waals surface area contributed by atoms with Crippen molar-refractivity contribution in [3.63, 3.8) is 0 Å². The van der Waals surface area contributed by atoms with Crippen molar-refractivity contribution in [3.05, 3.63) is 22.7 Å². The highest BCUT2D eigenvalue weighted by Gasteiger charge is 2.10. The molecule has 98 valence electrons. The summed E-state index contributed by atoms with van der Waals surface area (Å²) in [6.07, 6.45) is 0. The molecule has 2 aromatic rings. The molecule has 1 heterocycles. The Morgan fingerprint density at radius 3 is 2.78 bits per heavy atom. The summed E-state index contributed by atoms with van der Waals surface area (Å²) in [5, 5.41) is 0. The minimum absolute atomic E-state index is 0.232. The van der Waals surface area contributed by atoms with Crippen molar-refractivity contribution in [2.24, 2.45) is 0 Å². The van der Waals surface area contributed by atoms with Gasteiger partial charge in [0.1, 0.15) is 0 Å². The van der Waals surface area contributed by atoms with Crippen LogP contribution in [0.1, 0.15) is 0 Å². The number of halogens is 1. The number of nitrogens with one attached hydrogen (secondary N) is 1. The molecule has 0 radical (unpaired) electrons. The number of benzene rings is 1. The second-order valence-electron chi connectivity index (χ2n) is 4.39. The van der Waals surface area contributed by atoms with Crippen LogP contribution in [0.5, 0.6) is 5.75 Å². The Kier molecular flexibility index (Phi) is 3.68. The van der Waals surface area contributed by atoms with Crippen molar-refractivity contribution in [2.45, 2.75) is 6.54 Å². The first-order chi connectivity index (χ1) is 8.52. The predicted octanol–water partition coefficient (Wildman–Crippen LogP) is 2.41. The Balaban J connectivity index is 2.51. The fourth-order valence-corrected chi connectivity index (χ4v) is 2.14. The monoisotopic (exact) mass is 269 g/mol. The standard InChI is InChI=1S/C12H16FN3OS/c1-15(2)4-5-16-10-7-11(17-3)8(13)6-9(10)14-12(16)18/h6-7H,4-5H2,1-3H3,(H,14,18). The van der Waals surface area contributed by atoms with Crippen LogP contribution in [0.25, 0.3) is 11.0 Å². The van der Waals surface area contributed by atoms with Gasteiger partial charge in [-0.05, 0) is 26.3 Å². The zero-order valence-electron chi connectivity index (χ0n) is 10.7. The van der Waals surface area contributed by atoms with E-state index < -0.39 is 0 Å². The number of hydrogen-bond acceptors (Lipinski definition) is 3. The molecule has 0 aliphatic rings. The van der Waals surface area contributed by atoms with E-state index in [0.717, 1.165) is 18.6 Å². The minimum atomic E-state index is -0.388. The van der Waals surface area contributed by atoms with Crippen molar-refractivity contribution in [1.29, 1.82) is 0 Å². The van der Waals surface area contributed by atoms with Gasteiger partial charge in [0.2, 0.25) is 0 Å². The number of ether oxygens (including phenoxy) is 1. The average molecular weight is 269 g/mol. The van der Waals surface area contributed by atoms with E-state index in [4.69, 9.17) is 17.0 Å². The summed E-state index contributed by atoms with van der Waals surface area (Å²) < 4.78 is 21.1. The van der Waals surface area contributed by atoms with Crippen LogP contribution in [-0.4, -0.2) is 42.2 Å². The second kappa shape index (κ2) is 5.07. The van der Waals surface area contributed by atoms with Crippen LogP contribution in [0, 0.1) is 10.6 Å². The average Bonchev–Trinajstić information content (AvgIpc) is 2.60. The number of rotatable bonds is 4. The Bertz CT molecular complexity index is 618. The van der Waals surface area contributed by atoms with Crippen LogP contribution in [0.3, 0.4) is 0 Å². The van der Waals surface area contributed by atoms with Crippen LogP contribution >= 0.6 is 12.2 Å². The van der Waals surface area contributed by atoms with E-state index in [0.29, 0.717) is 10.3 Å². The van der Waals surface area contributed by atoms with Gasteiger partial charge in [-0.3, -0.25) is 0 Å². The van der Waals surface area contributed by atoms with Gasteiger partial charge in [-0.15, -0.1) is 0 Å². The fourth-order valence-electron chi connectivity index (χ4n) is 1.84. The van der Waals surface area contributed by atoms with Gasteiger partial charge in [-0.25, -0.2) is 4.39 Å².